The molecule has 1 aliphatic heterocycles. The molecule has 21 heavy (non-hydrogen) atoms. The number of rotatable bonds is 5. The molecule has 2 N–H and O–H groups in total. The zero-order valence-electron chi connectivity index (χ0n) is 12.9. The van der Waals surface area contributed by atoms with E-state index in [1.54, 1.807) is 6.20 Å². The van der Waals surface area contributed by atoms with Crippen molar-refractivity contribution in [3.63, 3.8) is 0 Å². The molecule has 6 heteroatoms. The first-order valence-electron chi connectivity index (χ1n) is 7.82. The van der Waals surface area contributed by atoms with Crippen LogP contribution in [0.4, 0.5) is 5.69 Å². The molecule has 0 spiro atoms. The van der Waals surface area contributed by atoms with Crippen molar-refractivity contribution in [3.8, 4) is 0 Å². The fraction of sp³-hybridized carbons (Fsp3) is 0.733. The van der Waals surface area contributed by atoms with Crippen molar-refractivity contribution in [2.75, 3.05) is 18.0 Å². The van der Waals surface area contributed by atoms with Crippen molar-refractivity contribution in [1.29, 1.82) is 0 Å². The molecule has 1 fully saturated rings. The van der Waals surface area contributed by atoms with Crippen LogP contribution < -0.4 is 16.2 Å². The first-order valence-corrected chi connectivity index (χ1v) is 8.20. The lowest BCUT2D eigenvalue weighted by atomic mass is 9.90. The fourth-order valence-corrected chi connectivity index (χ4v) is 3.29. The third-order valence-corrected chi connectivity index (χ3v) is 4.71. The van der Waals surface area contributed by atoms with Crippen molar-refractivity contribution in [3.05, 3.63) is 21.6 Å². The van der Waals surface area contributed by atoms with Crippen LogP contribution in [0, 0.1) is 5.92 Å². The Hall–Kier alpha value is -1.07. The SMILES string of the molecule is CCCCn1ncc(N2CCCC(C)C2CN)c(Cl)c1=O. The maximum Gasteiger partial charge on any atom is 0.287 e. The van der Waals surface area contributed by atoms with Gasteiger partial charge in [-0.15, -0.1) is 0 Å². The maximum atomic E-state index is 12.3. The molecule has 2 rings (SSSR count). The molecule has 0 amide bonds. The standard InChI is InChI=1S/C15H25ClN4O/c1-3-4-8-20-15(21)14(16)13(10-18-20)19-7-5-6-11(2)12(19)9-17/h10-12H,3-9,17H2,1-2H3. The number of piperidine rings is 1. The Morgan fingerprint density at radius 3 is 2.95 bits per heavy atom. The van der Waals surface area contributed by atoms with E-state index in [2.05, 4.69) is 23.8 Å². The van der Waals surface area contributed by atoms with E-state index in [9.17, 15) is 4.79 Å². The Morgan fingerprint density at radius 1 is 1.52 bits per heavy atom. The van der Waals surface area contributed by atoms with Crippen LogP contribution in [0.5, 0.6) is 0 Å². The lowest BCUT2D eigenvalue weighted by Crippen LogP contribution is -2.49. The minimum absolute atomic E-state index is 0.198. The fourth-order valence-electron chi connectivity index (χ4n) is 3.03. The monoisotopic (exact) mass is 312 g/mol. The molecule has 1 aromatic heterocycles. The van der Waals surface area contributed by atoms with Gasteiger partial charge in [-0.05, 0) is 25.2 Å². The van der Waals surface area contributed by atoms with Gasteiger partial charge in [0.25, 0.3) is 5.56 Å². The van der Waals surface area contributed by atoms with Crippen molar-refractivity contribution >= 4 is 17.3 Å². The van der Waals surface area contributed by atoms with Crippen LogP contribution in [-0.4, -0.2) is 28.9 Å². The van der Waals surface area contributed by atoms with E-state index < -0.39 is 0 Å². The maximum absolute atomic E-state index is 12.3. The Kier molecular flexibility index (Phi) is 5.65. The summed E-state index contributed by atoms with van der Waals surface area (Å²) in [7, 11) is 0. The molecule has 0 aromatic carbocycles. The smallest absolute Gasteiger partial charge is 0.287 e. The van der Waals surface area contributed by atoms with Crippen molar-refractivity contribution in [2.45, 2.75) is 52.1 Å². The van der Waals surface area contributed by atoms with E-state index in [0.717, 1.165) is 37.9 Å². The number of anilines is 1. The molecule has 2 heterocycles. The molecule has 2 unspecified atom stereocenters. The number of nitrogens with two attached hydrogens (primary N) is 1. The molecule has 0 bridgehead atoms. The number of nitrogens with zero attached hydrogens (tertiary/aromatic N) is 3. The minimum Gasteiger partial charge on any atom is -0.364 e. The van der Waals surface area contributed by atoms with Gasteiger partial charge in [-0.25, -0.2) is 4.68 Å². The second kappa shape index (κ2) is 7.27. The number of hydrogen-bond acceptors (Lipinski definition) is 4. The first kappa shape index (κ1) is 16.3. The average molecular weight is 313 g/mol. The average Bonchev–Trinajstić information content (AvgIpc) is 2.48. The summed E-state index contributed by atoms with van der Waals surface area (Å²) in [4.78, 5) is 14.5. The predicted molar refractivity (Wildman–Crippen MR) is 87.0 cm³/mol. The number of aromatic nitrogens is 2. The van der Waals surface area contributed by atoms with Gasteiger partial charge in [-0.1, -0.05) is 31.9 Å². The third kappa shape index (κ3) is 3.40. The topological polar surface area (TPSA) is 64.2 Å². The van der Waals surface area contributed by atoms with E-state index >= 15 is 0 Å². The van der Waals surface area contributed by atoms with Gasteiger partial charge in [0.05, 0.1) is 11.9 Å². The minimum atomic E-state index is -0.198. The number of aryl methyl sites for hydroxylation is 1. The van der Waals surface area contributed by atoms with Gasteiger partial charge in [0, 0.05) is 25.7 Å². The van der Waals surface area contributed by atoms with Crippen LogP contribution in [0.1, 0.15) is 39.5 Å². The lowest BCUT2D eigenvalue weighted by Gasteiger charge is -2.41. The quantitative estimate of drug-likeness (QED) is 0.906. The van der Waals surface area contributed by atoms with Gasteiger partial charge in [-0.3, -0.25) is 4.79 Å². The summed E-state index contributed by atoms with van der Waals surface area (Å²) in [5.41, 5.74) is 6.45. The summed E-state index contributed by atoms with van der Waals surface area (Å²) in [5.74, 6) is 0.502. The van der Waals surface area contributed by atoms with Crippen LogP contribution >= 0.6 is 11.6 Å². The molecule has 0 radical (unpaired) electrons. The molecule has 1 saturated heterocycles. The van der Waals surface area contributed by atoms with Gasteiger partial charge >= 0.3 is 0 Å². The Labute approximate surface area is 131 Å². The second-order valence-corrected chi connectivity index (χ2v) is 6.22. The van der Waals surface area contributed by atoms with Crippen LogP contribution in [-0.2, 0) is 6.54 Å². The molecular formula is C15H25ClN4O. The highest BCUT2D eigenvalue weighted by Crippen LogP contribution is 2.30. The van der Waals surface area contributed by atoms with Gasteiger partial charge in [-0.2, -0.15) is 5.10 Å². The Balaban J connectivity index is 2.31. The summed E-state index contributed by atoms with van der Waals surface area (Å²) in [6.45, 7) is 6.35. The summed E-state index contributed by atoms with van der Waals surface area (Å²) in [6, 6.07) is 0.226. The Morgan fingerprint density at radius 2 is 2.29 bits per heavy atom. The zero-order chi connectivity index (χ0) is 15.4. The highest BCUT2D eigenvalue weighted by Gasteiger charge is 2.29. The predicted octanol–water partition coefficient (Wildman–Crippen LogP) is 2.26. The van der Waals surface area contributed by atoms with Crippen LogP contribution in [0.15, 0.2) is 11.0 Å². The zero-order valence-corrected chi connectivity index (χ0v) is 13.6. The van der Waals surface area contributed by atoms with Crippen molar-refractivity contribution < 1.29 is 0 Å². The lowest BCUT2D eigenvalue weighted by molar-refractivity contribution is 0.349. The summed E-state index contributed by atoms with van der Waals surface area (Å²) in [5, 5.41) is 4.55. The van der Waals surface area contributed by atoms with E-state index in [1.165, 1.54) is 4.68 Å². The van der Waals surface area contributed by atoms with Gasteiger partial charge in [0.15, 0.2) is 0 Å². The molecule has 1 aromatic rings. The largest absolute Gasteiger partial charge is 0.364 e. The van der Waals surface area contributed by atoms with Gasteiger partial charge < -0.3 is 10.6 Å². The summed E-state index contributed by atoms with van der Waals surface area (Å²) >= 11 is 6.32. The summed E-state index contributed by atoms with van der Waals surface area (Å²) < 4.78 is 1.46. The third-order valence-electron chi connectivity index (χ3n) is 4.36. The van der Waals surface area contributed by atoms with Gasteiger partial charge in [0.2, 0.25) is 0 Å². The molecule has 2 atom stereocenters. The van der Waals surface area contributed by atoms with Crippen LogP contribution in [0.25, 0.3) is 0 Å². The second-order valence-electron chi connectivity index (χ2n) is 5.84. The molecular weight excluding hydrogens is 288 g/mol. The highest BCUT2D eigenvalue weighted by atomic mass is 35.5. The molecule has 0 aliphatic carbocycles. The van der Waals surface area contributed by atoms with Gasteiger partial charge in [0.1, 0.15) is 5.02 Å². The van der Waals surface area contributed by atoms with E-state index in [1.807, 2.05) is 0 Å². The van der Waals surface area contributed by atoms with Crippen LogP contribution in [0.3, 0.4) is 0 Å². The Bertz CT molecular complexity index is 531. The molecule has 0 saturated carbocycles. The van der Waals surface area contributed by atoms with E-state index in [-0.39, 0.29) is 16.6 Å². The van der Waals surface area contributed by atoms with E-state index in [0.29, 0.717) is 19.0 Å². The normalized spacial score (nSPS) is 22.6. The van der Waals surface area contributed by atoms with Crippen molar-refractivity contribution in [1.82, 2.24) is 9.78 Å². The first-order chi connectivity index (χ1) is 10.1. The van der Waals surface area contributed by atoms with E-state index in [4.69, 9.17) is 17.3 Å². The van der Waals surface area contributed by atoms with Crippen molar-refractivity contribution in [2.24, 2.45) is 11.7 Å². The highest BCUT2D eigenvalue weighted by molar-refractivity contribution is 6.33. The van der Waals surface area contributed by atoms with Crippen LogP contribution in [0.2, 0.25) is 5.02 Å². The molecule has 118 valence electrons. The summed E-state index contributed by atoms with van der Waals surface area (Å²) in [6.07, 6.45) is 5.92. The number of halogens is 1. The number of unbranched alkanes of at least 4 members (excludes halogenated alkanes) is 1. The molecule has 5 nitrogen and oxygen atoms in total. The molecule has 1 aliphatic rings. The number of hydrogen-bond donors (Lipinski definition) is 1.